The summed E-state index contributed by atoms with van der Waals surface area (Å²) in [6.07, 6.45) is 0. The summed E-state index contributed by atoms with van der Waals surface area (Å²) >= 11 is 6.86. The standard InChI is InChI=1S/C15H11Br2N/c16-14(10-18)15(17)13-8-6-12(7-9-13)11-4-2-1-3-5-11/h1-9,14-15H. The van der Waals surface area contributed by atoms with Crippen molar-refractivity contribution in [1.82, 2.24) is 0 Å². The minimum atomic E-state index is -0.222. The topological polar surface area (TPSA) is 23.8 Å². The molecule has 2 aromatic carbocycles. The minimum Gasteiger partial charge on any atom is -0.197 e. The fourth-order valence-electron chi connectivity index (χ4n) is 1.72. The van der Waals surface area contributed by atoms with Crippen LogP contribution < -0.4 is 0 Å². The van der Waals surface area contributed by atoms with Crippen LogP contribution in [0, 0.1) is 11.3 Å². The van der Waals surface area contributed by atoms with Gasteiger partial charge in [0.05, 0.1) is 10.9 Å². The van der Waals surface area contributed by atoms with Gasteiger partial charge in [0, 0.05) is 0 Å². The molecule has 0 N–H and O–H groups in total. The number of nitriles is 1. The van der Waals surface area contributed by atoms with E-state index in [0.29, 0.717) is 0 Å². The molecular formula is C15H11Br2N. The molecule has 0 saturated carbocycles. The maximum atomic E-state index is 8.87. The fraction of sp³-hybridized carbons (Fsp3) is 0.133. The minimum absolute atomic E-state index is 0.00678. The highest BCUT2D eigenvalue weighted by Gasteiger charge is 2.16. The summed E-state index contributed by atoms with van der Waals surface area (Å²) in [6, 6.07) is 20.7. The summed E-state index contributed by atoms with van der Waals surface area (Å²) < 4.78 is 0. The highest BCUT2D eigenvalue weighted by Crippen LogP contribution is 2.32. The normalized spacial score (nSPS) is 13.6. The van der Waals surface area contributed by atoms with Crippen LogP contribution in [0.5, 0.6) is 0 Å². The molecule has 0 saturated heterocycles. The molecule has 1 nitrogen and oxygen atoms in total. The Hall–Kier alpha value is -1.11. The predicted octanol–water partition coefficient (Wildman–Crippen LogP) is 5.08. The molecule has 90 valence electrons. The summed E-state index contributed by atoms with van der Waals surface area (Å²) in [5.41, 5.74) is 3.48. The molecule has 2 atom stereocenters. The second-order valence-corrected chi connectivity index (χ2v) is 5.89. The van der Waals surface area contributed by atoms with Crippen LogP contribution in [0.3, 0.4) is 0 Å². The Bertz CT molecular complexity index is 543. The Kier molecular flexibility index (Phi) is 4.57. The molecule has 0 spiro atoms. The zero-order valence-corrected chi connectivity index (χ0v) is 12.7. The third kappa shape index (κ3) is 3.01. The molecule has 0 radical (unpaired) electrons. The molecule has 2 rings (SSSR count). The summed E-state index contributed by atoms with van der Waals surface area (Å²) in [7, 11) is 0. The molecule has 0 amide bonds. The third-order valence-corrected chi connectivity index (χ3v) is 5.22. The first-order chi connectivity index (χ1) is 8.72. The van der Waals surface area contributed by atoms with Crippen molar-refractivity contribution in [2.24, 2.45) is 0 Å². The van der Waals surface area contributed by atoms with Crippen molar-refractivity contribution >= 4 is 31.9 Å². The molecular weight excluding hydrogens is 354 g/mol. The lowest BCUT2D eigenvalue weighted by Gasteiger charge is -2.11. The average Bonchev–Trinajstić information content (AvgIpc) is 2.47. The number of hydrogen-bond donors (Lipinski definition) is 0. The van der Waals surface area contributed by atoms with Crippen molar-refractivity contribution in [3.05, 3.63) is 60.2 Å². The molecule has 3 heteroatoms. The number of rotatable bonds is 3. The first-order valence-electron chi connectivity index (χ1n) is 5.55. The largest absolute Gasteiger partial charge is 0.197 e. The van der Waals surface area contributed by atoms with E-state index in [0.717, 1.165) is 5.56 Å². The number of alkyl halides is 2. The van der Waals surface area contributed by atoms with E-state index in [1.165, 1.54) is 11.1 Å². The van der Waals surface area contributed by atoms with E-state index in [9.17, 15) is 0 Å². The lowest BCUT2D eigenvalue weighted by atomic mass is 10.0. The van der Waals surface area contributed by atoms with Gasteiger partial charge in [-0.25, -0.2) is 0 Å². The monoisotopic (exact) mass is 363 g/mol. The van der Waals surface area contributed by atoms with Crippen molar-refractivity contribution < 1.29 is 0 Å². The van der Waals surface area contributed by atoms with Crippen LogP contribution in [-0.2, 0) is 0 Å². The summed E-state index contributed by atoms with van der Waals surface area (Å²) in [5, 5.41) is 8.87. The van der Waals surface area contributed by atoms with E-state index in [2.05, 4.69) is 62.2 Å². The maximum absolute atomic E-state index is 8.87. The average molecular weight is 365 g/mol. The van der Waals surface area contributed by atoms with Crippen LogP contribution in [0.4, 0.5) is 0 Å². The van der Waals surface area contributed by atoms with Crippen LogP contribution in [-0.4, -0.2) is 4.83 Å². The van der Waals surface area contributed by atoms with Crippen LogP contribution in [0.2, 0.25) is 0 Å². The zero-order valence-electron chi connectivity index (χ0n) is 9.55. The second kappa shape index (κ2) is 6.17. The van der Waals surface area contributed by atoms with E-state index >= 15 is 0 Å². The Balaban J connectivity index is 2.24. The van der Waals surface area contributed by atoms with Gasteiger partial charge in [0.25, 0.3) is 0 Å². The van der Waals surface area contributed by atoms with Gasteiger partial charge in [-0.05, 0) is 16.7 Å². The number of halogens is 2. The summed E-state index contributed by atoms with van der Waals surface area (Å²) in [5.74, 6) is 0. The molecule has 0 heterocycles. The molecule has 0 aliphatic rings. The molecule has 0 bridgehead atoms. The number of hydrogen-bond acceptors (Lipinski definition) is 1. The van der Waals surface area contributed by atoms with Crippen LogP contribution in [0.1, 0.15) is 10.4 Å². The second-order valence-electron chi connectivity index (χ2n) is 3.92. The Labute approximate surface area is 124 Å². The SMILES string of the molecule is N#CC(Br)C(Br)c1ccc(-c2ccccc2)cc1. The van der Waals surface area contributed by atoms with Crippen LogP contribution in [0.15, 0.2) is 54.6 Å². The van der Waals surface area contributed by atoms with E-state index < -0.39 is 0 Å². The third-order valence-electron chi connectivity index (χ3n) is 2.72. The van der Waals surface area contributed by atoms with Gasteiger partial charge in [-0.15, -0.1) is 0 Å². The van der Waals surface area contributed by atoms with E-state index in [1.807, 2.05) is 30.3 Å². The van der Waals surface area contributed by atoms with Gasteiger partial charge in [-0.2, -0.15) is 5.26 Å². The van der Waals surface area contributed by atoms with Gasteiger partial charge in [0.2, 0.25) is 0 Å². The van der Waals surface area contributed by atoms with Crippen LogP contribution in [0.25, 0.3) is 11.1 Å². The van der Waals surface area contributed by atoms with Gasteiger partial charge in [-0.3, -0.25) is 0 Å². The molecule has 2 unspecified atom stereocenters. The van der Waals surface area contributed by atoms with E-state index in [4.69, 9.17) is 5.26 Å². The van der Waals surface area contributed by atoms with Gasteiger partial charge < -0.3 is 0 Å². The Morgan fingerprint density at radius 1 is 0.833 bits per heavy atom. The quantitative estimate of drug-likeness (QED) is 0.697. The lowest BCUT2D eigenvalue weighted by Crippen LogP contribution is -2.02. The molecule has 0 aliphatic heterocycles. The summed E-state index contributed by atoms with van der Waals surface area (Å²) in [6.45, 7) is 0. The predicted molar refractivity (Wildman–Crippen MR) is 81.9 cm³/mol. The fourth-order valence-corrected chi connectivity index (χ4v) is 2.45. The molecule has 18 heavy (non-hydrogen) atoms. The van der Waals surface area contributed by atoms with E-state index in [1.54, 1.807) is 0 Å². The number of nitrogens with zero attached hydrogens (tertiary/aromatic N) is 1. The van der Waals surface area contributed by atoms with Crippen molar-refractivity contribution in [3.63, 3.8) is 0 Å². The van der Waals surface area contributed by atoms with Gasteiger partial charge in [-0.1, -0.05) is 86.5 Å². The first-order valence-corrected chi connectivity index (χ1v) is 7.38. The van der Waals surface area contributed by atoms with Gasteiger partial charge >= 0.3 is 0 Å². The Morgan fingerprint density at radius 2 is 1.39 bits per heavy atom. The molecule has 0 fully saturated rings. The molecule has 0 aliphatic carbocycles. The summed E-state index contributed by atoms with van der Waals surface area (Å²) in [4.78, 5) is -0.215. The van der Waals surface area contributed by atoms with Crippen molar-refractivity contribution in [2.45, 2.75) is 9.65 Å². The lowest BCUT2D eigenvalue weighted by molar-refractivity contribution is 1.03. The van der Waals surface area contributed by atoms with Crippen molar-refractivity contribution in [1.29, 1.82) is 5.26 Å². The highest BCUT2D eigenvalue weighted by molar-refractivity contribution is 9.12. The van der Waals surface area contributed by atoms with Crippen molar-refractivity contribution in [3.8, 4) is 17.2 Å². The Morgan fingerprint density at radius 3 is 1.94 bits per heavy atom. The smallest absolute Gasteiger partial charge is 0.118 e. The van der Waals surface area contributed by atoms with Crippen LogP contribution >= 0.6 is 31.9 Å². The highest BCUT2D eigenvalue weighted by atomic mass is 79.9. The van der Waals surface area contributed by atoms with Gasteiger partial charge in [0.1, 0.15) is 4.83 Å². The number of benzene rings is 2. The molecule has 0 aromatic heterocycles. The first kappa shape index (κ1) is 13.3. The van der Waals surface area contributed by atoms with E-state index in [-0.39, 0.29) is 9.65 Å². The maximum Gasteiger partial charge on any atom is 0.118 e. The van der Waals surface area contributed by atoms with Crippen molar-refractivity contribution in [2.75, 3.05) is 0 Å². The zero-order chi connectivity index (χ0) is 13.0. The van der Waals surface area contributed by atoms with Gasteiger partial charge in [0.15, 0.2) is 0 Å². The molecule has 2 aromatic rings.